The summed E-state index contributed by atoms with van der Waals surface area (Å²) in [4.78, 5) is 0. The minimum absolute atomic E-state index is 1.09. The van der Waals surface area contributed by atoms with Crippen LogP contribution in [0.5, 0.6) is 0 Å². The van der Waals surface area contributed by atoms with Crippen molar-refractivity contribution in [2.24, 2.45) is 0 Å². The molecule has 0 atom stereocenters. The summed E-state index contributed by atoms with van der Waals surface area (Å²) in [5, 5.41) is -7.11. The van der Waals surface area contributed by atoms with Crippen LogP contribution in [0.2, 0.25) is 0 Å². The molecule has 0 aromatic carbocycles. The van der Waals surface area contributed by atoms with Gasteiger partial charge in [-0.25, -0.2) is 8.42 Å². The first kappa shape index (κ1) is 23.5. The summed E-state index contributed by atoms with van der Waals surface area (Å²) >= 11 is 0. The van der Waals surface area contributed by atoms with Gasteiger partial charge in [-0.15, -0.1) is 0 Å². The van der Waals surface area contributed by atoms with E-state index in [2.05, 4.69) is 12.7 Å². The van der Waals surface area contributed by atoms with Crippen molar-refractivity contribution in [3.8, 4) is 0 Å². The molecule has 14 heteroatoms. The Hall–Kier alpha value is -0.760. The first-order valence-corrected chi connectivity index (χ1v) is 6.77. The Morgan fingerprint density at radius 3 is 1.41 bits per heavy atom. The molecule has 0 aromatic rings. The topological polar surface area (TPSA) is 84.8 Å². The highest BCUT2D eigenvalue weighted by Crippen LogP contribution is 2.54. The van der Waals surface area contributed by atoms with Gasteiger partial charge in [0.15, 0.2) is 10.1 Å². The number of halogens is 9. The van der Waals surface area contributed by atoms with Crippen molar-refractivity contribution < 1.29 is 58.2 Å². The molecule has 0 aliphatic carbocycles. The van der Waals surface area contributed by atoms with Gasteiger partial charge in [0, 0.05) is 0 Å². The first-order valence-electron chi connectivity index (χ1n) is 5.36. The molecular weight excluding hydrogens is 361 g/mol. The average molecular weight is 373 g/mol. The zero-order valence-corrected chi connectivity index (χ0v) is 11.7. The van der Waals surface area contributed by atoms with Crippen LogP contribution in [0, 0.1) is 0 Å². The van der Waals surface area contributed by atoms with E-state index < -0.39 is 33.4 Å². The monoisotopic (exact) mass is 373 g/mol. The fourth-order valence-electron chi connectivity index (χ4n) is 0.768. The standard InChI is InChI=1S/C4HF9O3S.C4H11N/c5-1(6,3(9,10)11)2(7,8)4(12,13)17(14,15)16;1-2-3-4-5/h(H,14,15,16);2-5H2,1H3. The van der Waals surface area contributed by atoms with Crippen LogP contribution in [0.4, 0.5) is 39.5 Å². The highest BCUT2D eigenvalue weighted by Gasteiger charge is 2.83. The van der Waals surface area contributed by atoms with Crippen LogP contribution in [-0.2, 0) is 10.1 Å². The predicted octanol–water partition coefficient (Wildman–Crippen LogP) is 1.99. The van der Waals surface area contributed by atoms with Crippen molar-refractivity contribution in [3.63, 3.8) is 0 Å². The van der Waals surface area contributed by atoms with E-state index >= 15 is 0 Å². The van der Waals surface area contributed by atoms with Crippen LogP contribution in [0.15, 0.2) is 0 Å². The Morgan fingerprint density at radius 1 is 0.909 bits per heavy atom. The number of alkyl halides is 9. The van der Waals surface area contributed by atoms with E-state index in [9.17, 15) is 52.5 Å². The lowest BCUT2D eigenvalue weighted by atomic mass is 10.1. The molecule has 0 fully saturated rings. The third-order valence-electron chi connectivity index (χ3n) is 2.03. The second kappa shape index (κ2) is 7.21. The number of quaternary nitrogens is 1. The fourth-order valence-corrected chi connectivity index (χ4v) is 1.21. The zero-order valence-electron chi connectivity index (χ0n) is 10.9. The summed E-state index contributed by atoms with van der Waals surface area (Å²) in [6.07, 6.45) is -4.60. The Balaban J connectivity index is 0. The third-order valence-corrected chi connectivity index (χ3v) is 2.92. The van der Waals surface area contributed by atoms with Gasteiger partial charge < -0.3 is 10.3 Å². The van der Waals surface area contributed by atoms with Gasteiger partial charge in [0.1, 0.15) is 0 Å². The molecule has 0 aromatic heterocycles. The maximum absolute atomic E-state index is 12.2. The zero-order chi connectivity index (χ0) is 18.6. The summed E-state index contributed by atoms with van der Waals surface area (Å²) in [5.74, 6) is -14.8. The maximum Gasteiger partial charge on any atom is 0.460 e. The van der Waals surface area contributed by atoms with Crippen molar-refractivity contribution in [1.29, 1.82) is 0 Å². The smallest absolute Gasteiger partial charge is 0.460 e. The van der Waals surface area contributed by atoms with Crippen LogP contribution >= 0.6 is 0 Å². The normalized spacial score (nSPS) is 14.4. The highest BCUT2D eigenvalue weighted by atomic mass is 32.2. The van der Waals surface area contributed by atoms with Crippen molar-refractivity contribution in [2.45, 2.75) is 43.0 Å². The molecule has 0 aliphatic rings. The van der Waals surface area contributed by atoms with Crippen molar-refractivity contribution in [1.82, 2.24) is 0 Å². The third kappa shape index (κ3) is 4.62. The molecule has 0 bridgehead atoms. The number of hydrogen-bond donors (Lipinski definition) is 1. The molecule has 0 saturated heterocycles. The highest BCUT2D eigenvalue weighted by molar-refractivity contribution is 7.86. The van der Waals surface area contributed by atoms with E-state index in [1.807, 2.05) is 0 Å². The van der Waals surface area contributed by atoms with Crippen LogP contribution in [0.1, 0.15) is 19.8 Å². The minimum Gasteiger partial charge on any atom is -0.743 e. The first-order chi connectivity index (χ1) is 9.41. The molecule has 0 amide bonds. The summed E-state index contributed by atoms with van der Waals surface area (Å²) < 4.78 is 135. The quantitative estimate of drug-likeness (QED) is 0.591. The molecule has 0 unspecified atom stereocenters. The lowest BCUT2D eigenvalue weighted by Crippen LogP contribution is -2.63. The summed E-state index contributed by atoms with van der Waals surface area (Å²) in [6.45, 7) is 3.27. The molecule has 3 N–H and O–H groups in total. The van der Waals surface area contributed by atoms with Gasteiger partial charge in [0.25, 0.3) is 0 Å². The lowest BCUT2D eigenvalue weighted by molar-refractivity contribution is -0.382. The van der Waals surface area contributed by atoms with E-state index in [0.29, 0.717) is 0 Å². The largest absolute Gasteiger partial charge is 0.743 e. The van der Waals surface area contributed by atoms with E-state index in [1.54, 1.807) is 0 Å². The maximum atomic E-state index is 12.2. The molecule has 22 heavy (non-hydrogen) atoms. The molecule has 4 nitrogen and oxygen atoms in total. The Morgan fingerprint density at radius 2 is 1.27 bits per heavy atom. The van der Waals surface area contributed by atoms with Gasteiger partial charge in [-0.1, -0.05) is 13.3 Å². The molecule has 0 rings (SSSR count). The number of unbranched alkanes of at least 4 members (excludes halogenated alkanes) is 1. The SMILES string of the molecule is CCCC[NH3+].O=S(=O)([O-])C(F)(F)C(F)(F)C(F)(F)C(F)(F)F. The predicted molar refractivity (Wildman–Crippen MR) is 53.3 cm³/mol. The number of rotatable bonds is 5. The summed E-state index contributed by atoms with van der Waals surface area (Å²) in [5.41, 5.74) is 3.68. The van der Waals surface area contributed by atoms with E-state index in [1.165, 1.54) is 12.8 Å². The van der Waals surface area contributed by atoms with Crippen LogP contribution in [0.25, 0.3) is 0 Å². The molecule has 0 radical (unpaired) electrons. The Bertz CT molecular complexity index is 444. The summed E-state index contributed by atoms with van der Waals surface area (Å²) in [6, 6.07) is 0. The number of hydrogen-bond acceptors (Lipinski definition) is 3. The minimum atomic E-state index is -7.43. The Kier molecular flexibility index (Phi) is 7.70. The van der Waals surface area contributed by atoms with Gasteiger partial charge in [-0.3, -0.25) is 0 Å². The second-order valence-electron chi connectivity index (χ2n) is 3.82. The van der Waals surface area contributed by atoms with Crippen molar-refractivity contribution in [3.05, 3.63) is 0 Å². The van der Waals surface area contributed by atoms with E-state index in [0.717, 1.165) is 6.54 Å². The van der Waals surface area contributed by atoms with E-state index in [4.69, 9.17) is 0 Å². The average Bonchev–Trinajstić information content (AvgIpc) is 2.27. The van der Waals surface area contributed by atoms with Crippen LogP contribution in [-0.4, -0.2) is 42.8 Å². The van der Waals surface area contributed by atoms with Gasteiger partial charge in [-0.05, 0) is 6.42 Å². The van der Waals surface area contributed by atoms with Gasteiger partial charge >= 0.3 is 23.3 Å². The van der Waals surface area contributed by atoms with Crippen LogP contribution in [0.3, 0.4) is 0 Å². The van der Waals surface area contributed by atoms with Gasteiger partial charge in [-0.2, -0.15) is 39.5 Å². The second-order valence-corrected chi connectivity index (χ2v) is 5.25. The molecular formula is C8H12F9NO3S. The van der Waals surface area contributed by atoms with Crippen molar-refractivity contribution >= 4 is 10.1 Å². The van der Waals surface area contributed by atoms with Crippen molar-refractivity contribution in [2.75, 3.05) is 6.54 Å². The summed E-state index contributed by atoms with van der Waals surface area (Å²) in [7, 11) is -7.42. The lowest BCUT2D eigenvalue weighted by Gasteiger charge is -2.34. The molecule has 0 saturated carbocycles. The molecule has 0 heterocycles. The fraction of sp³-hybridized carbons (Fsp3) is 1.00. The van der Waals surface area contributed by atoms with Gasteiger partial charge in [0.05, 0.1) is 6.54 Å². The molecule has 136 valence electrons. The van der Waals surface area contributed by atoms with Crippen LogP contribution < -0.4 is 5.73 Å². The van der Waals surface area contributed by atoms with Gasteiger partial charge in [0.2, 0.25) is 0 Å². The molecule has 0 aliphatic heterocycles. The van der Waals surface area contributed by atoms with E-state index in [-0.39, 0.29) is 0 Å². The molecule has 0 spiro atoms. The Labute approximate surface area is 119 Å².